The minimum absolute atomic E-state index is 1.12. The molecule has 0 heterocycles. The van der Waals surface area contributed by atoms with E-state index in [9.17, 15) is 0 Å². The van der Waals surface area contributed by atoms with Crippen LogP contribution in [0.1, 0.15) is 30.9 Å². The van der Waals surface area contributed by atoms with Crippen LogP contribution in [0.5, 0.6) is 0 Å². The summed E-state index contributed by atoms with van der Waals surface area (Å²) in [5.41, 5.74) is 6.46. The first-order valence-corrected chi connectivity index (χ1v) is 11.6. The van der Waals surface area contributed by atoms with E-state index in [2.05, 4.69) is 98.0 Å². The molecule has 2 heteroatoms. The van der Waals surface area contributed by atoms with E-state index in [4.69, 9.17) is 0 Å². The van der Waals surface area contributed by atoms with E-state index in [-0.39, 0.29) is 0 Å². The van der Waals surface area contributed by atoms with Gasteiger partial charge in [-0.15, -0.1) is 0 Å². The standard InChI is InChI=1S/C28H29NS/c1-4-5-10-21-15-16-24(25-13-8-9-14-26(25)29-3)19-28(21)30-27-18-23-12-7-6-11-22(23)17-20(27)2/h6-9,11-19,29H,4-5,10H2,1-3H3. The lowest BCUT2D eigenvalue weighted by Gasteiger charge is -2.15. The SMILES string of the molecule is CCCCc1ccc(-c2ccccc2NC)cc1Sc1cc2ccccc2cc1C. The molecule has 0 radical (unpaired) electrons. The second kappa shape index (κ2) is 9.40. The van der Waals surface area contributed by atoms with Gasteiger partial charge in [0.15, 0.2) is 0 Å². The third-order valence-electron chi connectivity index (χ3n) is 5.64. The summed E-state index contributed by atoms with van der Waals surface area (Å²) in [6.07, 6.45) is 3.56. The third-order valence-corrected chi connectivity index (χ3v) is 6.90. The summed E-state index contributed by atoms with van der Waals surface area (Å²) in [6.45, 7) is 4.48. The third kappa shape index (κ3) is 4.39. The normalized spacial score (nSPS) is 11.0. The highest BCUT2D eigenvalue weighted by atomic mass is 32.2. The van der Waals surface area contributed by atoms with Crippen molar-refractivity contribution in [1.29, 1.82) is 0 Å². The lowest BCUT2D eigenvalue weighted by molar-refractivity contribution is 0.785. The Hall–Kier alpha value is -2.71. The summed E-state index contributed by atoms with van der Waals surface area (Å²) in [6, 6.07) is 28.8. The molecule has 0 aliphatic carbocycles. The average molecular weight is 412 g/mol. The van der Waals surface area contributed by atoms with Crippen molar-refractivity contribution >= 4 is 28.2 Å². The van der Waals surface area contributed by atoms with Crippen LogP contribution in [0.25, 0.3) is 21.9 Å². The second-order valence-electron chi connectivity index (χ2n) is 7.79. The maximum absolute atomic E-state index is 3.33. The predicted octanol–water partition coefficient (Wildman–Crippen LogP) is 8.35. The number of unbranched alkanes of at least 4 members (excludes halogenated alkanes) is 1. The Morgan fingerprint density at radius 3 is 2.30 bits per heavy atom. The molecule has 0 bridgehead atoms. The molecule has 0 fully saturated rings. The number of para-hydroxylation sites is 1. The Kier molecular flexibility index (Phi) is 6.44. The van der Waals surface area contributed by atoms with Crippen molar-refractivity contribution in [2.45, 2.75) is 42.9 Å². The van der Waals surface area contributed by atoms with Gasteiger partial charge in [0, 0.05) is 28.1 Å². The Morgan fingerprint density at radius 2 is 1.53 bits per heavy atom. The molecular weight excluding hydrogens is 382 g/mol. The molecule has 0 aliphatic heterocycles. The first-order chi connectivity index (χ1) is 14.7. The Labute approximate surface area is 184 Å². The van der Waals surface area contributed by atoms with Crippen molar-refractivity contribution in [3.05, 3.63) is 90.0 Å². The molecule has 0 spiro atoms. The quantitative estimate of drug-likeness (QED) is 0.328. The van der Waals surface area contributed by atoms with Gasteiger partial charge in [-0.2, -0.15) is 0 Å². The monoisotopic (exact) mass is 411 g/mol. The molecule has 0 amide bonds. The molecule has 0 atom stereocenters. The van der Waals surface area contributed by atoms with Crippen LogP contribution < -0.4 is 5.32 Å². The maximum Gasteiger partial charge on any atom is 0.0417 e. The molecule has 4 aromatic rings. The minimum atomic E-state index is 1.12. The van der Waals surface area contributed by atoms with Crippen LogP contribution >= 0.6 is 11.8 Å². The number of aryl methyl sites for hydroxylation is 2. The van der Waals surface area contributed by atoms with Crippen molar-refractivity contribution in [2.75, 3.05) is 12.4 Å². The smallest absolute Gasteiger partial charge is 0.0417 e. The van der Waals surface area contributed by atoms with Gasteiger partial charge >= 0.3 is 0 Å². The number of rotatable bonds is 7. The summed E-state index contributed by atoms with van der Waals surface area (Å²) in [5.74, 6) is 0. The van der Waals surface area contributed by atoms with Crippen LogP contribution in [-0.4, -0.2) is 7.05 Å². The minimum Gasteiger partial charge on any atom is -0.388 e. The molecule has 0 aliphatic rings. The fourth-order valence-electron chi connectivity index (χ4n) is 3.91. The highest BCUT2D eigenvalue weighted by molar-refractivity contribution is 7.99. The Bertz CT molecular complexity index is 1160. The lowest BCUT2D eigenvalue weighted by atomic mass is 10.00. The van der Waals surface area contributed by atoms with Crippen LogP contribution in [0.2, 0.25) is 0 Å². The molecule has 1 N–H and O–H groups in total. The zero-order valence-electron chi connectivity index (χ0n) is 18.0. The van der Waals surface area contributed by atoms with Gasteiger partial charge < -0.3 is 5.32 Å². The summed E-state index contributed by atoms with van der Waals surface area (Å²) in [7, 11) is 1.99. The summed E-state index contributed by atoms with van der Waals surface area (Å²) in [5, 5.41) is 5.95. The topological polar surface area (TPSA) is 12.0 Å². The van der Waals surface area contributed by atoms with Crippen LogP contribution in [0, 0.1) is 6.92 Å². The number of benzene rings is 4. The molecule has 1 nitrogen and oxygen atoms in total. The van der Waals surface area contributed by atoms with Gasteiger partial charge in [0.1, 0.15) is 0 Å². The molecule has 4 aromatic carbocycles. The van der Waals surface area contributed by atoms with Crippen molar-refractivity contribution < 1.29 is 0 Å². The fourth-order valence-corrected chi connectivity index (χ4v) is 5.04. The van der Waals surface area contributed by atoms with Gasteiger partial charge in [-0.05, 0) is 65.4 Å². The van der Waals surface area contributed by atoms with Crippen molar-refractivity contribution in [1.82, 2.24) is 0 Å². The van der Waals surface area contributed by atoms with Crippen LogP contribution in [-0.2, 0) is 6.42 Å². The van der Waals surface area contributed by atoms with Crippen molar-refractivity contribution in [3.63, 3.8) is 0 Å². The predicted molar refractivity (Wildman–Crippen MR) is 133 cm³/mol. The van der Waals surface area contributed by atoms with Crippen molar-refractivity contribution in [2.24, 2.45) is 0 Å². The maximum atomic E-state index is 3.33. The average Bonchev–Trinajstić information content (AvgIpc) is 2.78. The summed E-state index contributed by atoms with van der Waals surface area (Å²) in [4.78, 5) is 2.70. The molecule has 152 valence electrons. The van der Waals surface area contributed by atoms with E-state index < -0.39 is 0 Å². The first-order valence-electron chi connectivity index (χ1n) is 10.8. The van der Waals surface area contributed by atoms with Gasteiger partial charge in [0.25, 0.3) is 0 Å². The van der Waals surface area contributed by atoms with E-state index in [0.29, 0.717) is 0 Å². The largest absolute Gasteiger partial charge is 0.388 e. The Balaban J connectivity index is 1.77. The lowest BCUT2D eigenvalue weighted by Crippen LogP contribution is -1.94. The summed E-state index contributed by atoms with van der Waals surface area (Å²) < 4.78 is 0. The zero-order chi connectivity index (χ0) is 20.9. The summed E-state index contributed by atoms with van der Waals surface area (Å²) >= 11 is 1.91. The van der Waals surface area contributed by atoms with Gasteiger partial charge in [0.05, 0.1) is 0 Å². The van der Waals surface area contributed by atoms with Gasteiger partial charge in [-0.1, -0.05) is 85.8 Å². The molecule has 0 unspecified atom stereocenters. The van der Waals surface area contributed by atoms with Gasteiger partial charge in [0.2, 0.25) is 0 Å². The molecular formula is C28H29NS. The van der Waals surface area contributed by atoms with E-state index in [0.717, 1.165) is 12.1 Å². The van der Waals surface area contributed by atoms with E-state index in [1.807, 2.05) is 18.8 Å². The first kappa shape index (κ1) is 20.6. The van der Waals surface area contributed by atoms with Crippen LogP contribution in [0.3, 0.4) is 0 Å². The molecule has 0 saturated carbocycles. The molecule has 0 saturated heterocycles. The van der Waals surface area contributed by atoms with Gasteiger partial charge in [-0.25, -0.2) is 0 Å². The van der Waals surface area contributed by atoms with Crippen molar-refractivity contribution in [3.8, 4) is 11.1 Å². The highest BCUT2D eigenvalue weighted by Gasteiger charge is 2.11. The van der Waals surface area contributed by atoms with Gasteiger partial charge in [-0.3, -0.25) is 0 Å². The fraction of sp³-hybridized carbons (Fsp3) is 0.214. The van der Waals surface area contributed by atoms with E-state index in [1.54, 1.807) is 0 Å². The molecule has 4 rings (SSSR count). The number of anilines is 1. The number of hydrogen-bond acceptors (Lipinski definition) is 2. The second-order valence-corrected chi connectivity index (χ2v) is 8.87. The van der Waals surface area contributed by atoms with Crippen LogP contribution in [0.15, 0.2) is 88.7 Å². The van der Waals surface area contributed by atoms with E-state index in [1.165, 1.54) is 55.7 Å². The highest BCUT2D eigenvalue weighted by Crippen LogP contribution is 2.38. The molecule has 30 heavy (non-hydrogen) atoms. The van der Waals surface area contributed by atoms with E-state index >= 15 is 0 Å². The molecule has 0 aromatic heterocycles. The number of nitrogens with one attached hydrogen (secondary N) is 1. The zero-order valence-corrected chi connectivity index (χ0v) is 18.9. The number of fused-ring (bicyclic) bond motifs is 1. The Morgan fingerprint density at radius 1 is 0.800 bits per heavy atom. The number of hydrogen-bond donors (Lipinski definition) is 1. The van der Waals surface area contributed by atoms with Crippen LogP contribution in [0.4, 0.5) is 5.69 Å².